The lowest BCUT2D eigenvalue weighted by Crippen LogP contribution is -2.15. The Balaban J connectivity index is 1.48. The van der Waals surface area contributed by atoms with Crippen LogP contribution in [0, 0.1) is 0 Å². The highest BCUT2D eigenvalue weighted by atomic mass is 32.2. The highest BCUT2D eigenvalue weighted by Gasteiger charge is 2.09. The summed E-state index contributed by atoms with van der Waals surface area (Å²) < 4.78 is 0. The van der Waals surface area contributed by atoms with Gasteiger partial charge in [-0.15, -0.1) is 28.2 Å². The molecule has 0 radical (unpaired) electrons. The fourth-order valence-corrected chi connectivity index (χ4v) is 3.14. The second-order valence-electron chi connectivity index (χ2n) is 4.35. The molecule has 0 fully saturated rings. The lowest BCUT2D eigenvalue weighted by molar-refractivity contribution is -0.113. The molecule has 0 bridgehead atoms. The summed E-state index contributed by atoms with van der Waals surface area (Å²) >= 11 is 3.06. The molecule has 3 rings (SSSR count). The molecule has 112 valence electrons. The summed E-state index contributed by atoms with van der Waals surface area (Å²) in [6, 6.07) is 9.63. The Labute approximate surface area is 135 Å². The normalized spacial score (nSPS) is 10.5. The zero-order chi connectivity index (χ0) is 15.2. The van der Waals surface area contributed by atoms with Crippen molar-refractivity contribution in [3.05, 3.63) is 47.6 Å². The molecule has 0 aliphatic carbocycles. The first-order chi connectivity index (χ1) is 10.8. The number of pyridine rings is 1. The number of nitrogens with zero attached hydrogens (tertiary/aromatic N) is 3. The van der Waals surface area contributed by atoms with Crippen LogP contribution in [0.2, 0.25) is 0 Å². The van der Waals surface area contributed by atoms with Gasteiger partial charge in [0.1, 0.15) is 0 Å². The van der Waals surface area contributed by atoms with E-state index < -0.39 is 0 Å². The molecule has 3 heterocycles. The minimum atomic E-state index is -0.127. The van der Waals surface area contributed by atoms with Gasteiger partial charge in [-0.3, -0.25) is 20.2 Å². The molecular weight excluding hydrogens is 318 g/mol. The molecule has 22 heavy (non-hydrogen) atoms. The standard InChI is InChI=1S/C14H13N5OS2/c20-12(9-21-8-10-4-1-2-6-15-10)16-14-17-13(18-19-14)11-5-3-7-22-11/h1-7H,8-9H2,(H2,16,17,18,19,20). The lowest BCUT2D eigenvalue weighted by Gasteiger charge is -2.01. The summed E-state index contributed by atoms with van der Waals surface area (Å²) in [5.74, 6) is 1.86. The van der Waals surface area contributed by atoms with E-state index in [9.17, 15) is 4.79 Å². The van der Waals surface area contributed by atoms with Crippen LogP contribution in [-0.4, -0.2) is 31.8 Å². The monoisotopic (exact) mass is 331 g/mol. The molecule has 0 aliphatic rings. The average molecular weight is 331 g/mol. The number of aromatic nitrogens is 4. The van der Waals surface area contributed by atoms with Crippen LogP contribution >= 0.6 is 23.1 Å². The first-order valence-electron chi connectivity index (χ1n) is 6.55. The molecule has 0 unspecified atom stereocenters. The van der Waals surface area contributed by atoms with Crippen molar-refractivity contribution < 1.29 is 4.79 Å². The molecule has 1 amide bonds. The minimum Gasteiger partial charge on any atom is -0.292 e. The van der Waals surface area contributed by atoms with Crippen molar-refractivity contribution in [3.8, 4) is 10.7 Å². The summed E-state index contributed by atoms with van der Waals surface area (Å²) in [5, 5.41) is 11.5. The molecule has 0 saturated heterocycles. The van der Waals surface area contributed by atoms with Crippen molar-refractivity contribution in [1.82, 2.24) is 20.2 Å². The number of thioether (sulfide) groups is 1. The van der Waals surface area contributed by atoms with Crippen LogP contribution in [0.5, 0.6) is 0 Å². The number of carbonyl (C=O) groups is 1. The number of anilines is 1. The van der Waals surface area contributed by atoms with E-state index in [4.69, 9.17) is 0 Å². The highest BCUT2D eigenvalue weighted by Crippen LogP contribution is 2.21. The van der Waals surface area contributed by atoms with E-state index in [1.165, 1.54) is 11.8 Å². The number of aromatic amines is 1. The van der Waals surface area contributed by atoms with E-state index in [1.54, 1.807) is 17.5 Å². The molecule has 2 N–H and O–H groups in total. The molecule has 0 atom stereocenters. The number of H-pyrrole nitrogens is 1. The van der Waals surface area contributed by atoms with Gasteiger partial charge in [-0.2, -0.15) is 4.98 Å². The van der Waals surface area contributed by atoms with Gasteiger partial charge in [0.05, 0.1) is 16.3 Å². The summed E-state index contributed by atoms with van der Waals surface area (Å²) in [5.41, 5.74) is 0.957. The van der Waals surface area contributed by atoms with Gasteiger partial charge in [0.2, 0.25) is 11.9 Å². The van der Waals surface area contributed by atoms with Crippen LogP contribution in [0.3, 0.4) is 0 Å². The average Bonchev–Trinajstić information content (AvgIpc) is 3.19. The maximum Gasteiger partial charge on any atom is 0.249 e. The zero-order valence-electron chi connectivity index (χ0n) is 11.5. The maximum atomic E-state index is 11.9. The Bertz CT molecular complexity index is 727. The Kier molecular flexibility index (Phi) is 4.81. The van der Waals surface area contributed by atoms with Crippen molar-refractivity contribution in [2.24, 2.45) is 0 Å². The molecule has 8 heteroatoms. The molecule has 0 saturated carbocycles. The Morgan fingerprint density at radius 2 is 2.27 bits per heavy atom. The SMILES string of the molecule is O=C(CSCc1ccccn1)Nc1n[nH]c(-c2cccs2)n1. The van der Waals surface area contributed by atoms with Gasteiger partial charge in [0.25, 0.3) is 0 Å². The fourth-order valence-electron chi connectivity index (χ4n) is 1.73. The van der Waals surface area contributed by atoms with Gasteiger partial charge in [0.15, 0.2) is 5.82 Å². The summed E-state index contributed by atoms with van der Waals surface area (Å²) in [6.07, 6.45) is 1.75. The Morgan fingerprint density at radius 3 is 3.05 bits per heavy atom. The minimum absolute atomic E-state index is 0.127. The van der Waals surface area contributed by atoms with Crippen molar-refractivity contribution in [2.45, 2.75) is 5.75 Å². The van der Waals surface area contributed by atoms with Gasteiger partial charge in [0, 0.05) is 11.9 Å². The van der Waals surface area contributed by atoms with Crippen LogP contribution in [-0.2, 0) is 10.5 Å². The van der Waals surface area contributed by atoms with E-state index in [2.05, 4.69) is 25.5 Å². The second kappa shape index (κ2) is 7.19. The quantitative estimate of drug-likeness (QED) is 0.725. The fraction of sp³-hybridized carbons (Fsp3) is 0.143. The van der Waals surface area contributed by atoms with Gasteiger partial charge >= 0.3 is 0 Å². The summed E-state index contributed by atoms with van der Waals surface area (Å²) in [6.45, 7) is 0. The highest BCUT2D eigenvalue weighted by molar-refractivity contribution is 7.99. The van der Waals surface area contributed by atoms with E-state index >= 15 is 0 Å². The summed E-state index contributed by atoms with van der Waals surface area (Å²) in [7, 11) is 0. The van der Waals surface area contributed by atoms with Crippen LogP contribution in [0.4, 0.5) is 5.95 Å². The number of rotatable bonds is 6. The third kappa shape index (κ3) is 3.92. The predicted molar refractivity (Wildman–Crippen MR) is 88.7 cm³/mol. The molecule has 0 spiro atoms. The van der Waals surface area contributed by atoms with Gasteiger partial charge in [-0.1, -0.05) is 12.1 Å². The Hall–Kier alpha value is -2.19. The van der Waals surface area contributed by atoms with Crippen LogP contribution < -0.4 is 5.32 Å². The van der Waals surface area contributed by atoms with Crippen LogP contribution in [0.1, 0.15) is 5.69 Å². The van der Waals surface area contributed by atoms with Gasteiger partial charge < -0.3 is 0 Å². The first-order valence-corrected chi connectivity index (χ1v) is 8.58. The first kappa shape index (κ1) is 14.7. The van der Waals surface area contributed by atoms with Crippen molar-refractivity contribution >= 4 is 35.0 Å². The number of carbonyl (C=O) groups excluding carboxylic acids is 1. The number of hydrogen-bond donors (Lipinski definition) is 2. The largest absolute Gasteiger partial charge is 0.292 e. The molecule has 0 aliphatic heterocycles. The molecule has 0 aromatic carbocycles. The van der Waals surface area contributed by atoms with E-state index in [-0.39, 0.29) is 5.91 Å². The number of thiophene rings is 1. The van der Waals surface area contributed by atoms with Gasteiger partial charge in [-0.05, 0) is 23.6 Å². The maximum absolute atomic E-state index is 11.9. The number of nitrogens with one attached hydrogen (secondary N) is 2. The Morgan fingerprint density at radius 1 is 1.32 bits per heavy atom. The third-order valence-electron chi connectivity index (χ3n) is 2.70. The number of hydrogen-bond acceptors (Lipinski definition) is 6. The number of amides is 1. The van der Waals surface area contributed by atoms with Crippen LogP contribution in [0.25, 0.3) is 10.7 Å². The molecule has 3 aromatic rings. The smallest absolute Gasteiger partial charge is 0.249 e. The van der Waals surface area contributed by atoms with E-state index in [0.717, 1.165) is 10.6 Å². The van der Waals surface area contributed by atoms with Crippen molar-refractivity contribution in [2.75, 3.05) is 11.1 Å². The molecule has 6 nitrogen and oxygen atoms in total. The zero-order valence-corrected chi connectivity index (χ0v) is 13.2. The lowest BCUT2D eigenvalue weighted by atomic mass is 10.4. The second-order valence-corrected chi connectivity index (χ2v) is 6.28. The van der Waals surface area contributed by atoms with Crippen LogP contribution in [0.15, 0.2) is 41.9 Å². The summed E-state index contributed by atoms with van der Waals surface area (Å²) in [4.78, 5) is 21.3. The van der Waals surface area contributed by atoms with E-state index in [0.29, 0.717) is 23.3 Å². The topological polar surface area (TPSA) is 83.6 Å². The molecular formula is C14H13N5OS2. The van der Waals surface area contributed by atoms with E-state index in [1.807, 2.05) is 35.7 Å². The predicted octanol–water partition coefficient (Wildman–Crippen LogP) is 2.80. The van der Waals surface area contributed by atoms with Gasteiger partial charge in [-0.25, -0.2) is 0 Å². The van der Waals surface area contributed by atoms with Crippen molar-refractivity contribution in [3.63, 3.8) is 0 Å². The third-order valence-corrected chi connectivity index (χ3v) is 4.54. The van der Waals surface area contributed by atoms with Crippen molar-refractivity contribution in [1.29, 1.82) is 0 Å². The molecule has 3 aromatic heterocycles.